The van der Waals surface area contributed by atoms with Gasteiger partial charge in [0.2, 0.25) is 0 Å². The molecule has 1 aromatic heterocycles. The monoisotopic (exact) mass is 389 g/mol. The highest BCUT2D eigenvalue weighted by Crippen LogP contribution is 2.39. The van der Waals surface area contributed by atoms with Crippen LogP contribution in [0.15, 0.2) is 36.9 Å². The van der Waals surface area contributed by atoms with E-state index < -0.39 is 0 Å². The zero-order chi connectivity index (χ0) is 18.1. The van der Waals surface area contributed by atoms with Crippen molar-refractivity contribution in [2.75, 3.05) is 31.1 Å². The van der Waals surface area contributed by atoms with Crippen LogP contribution in [-0.4, -0.2) is 45.4 Å². The van der Waals surface area contributed by atoms with Crippen LogP contribution in [-0.2, 0) is 13.2 Å². The molecule has 1 aromatic carbocycles. The number of hydrogen-bond donors (Lipinski definition) is 0. The van der Waals surface area contributed by atoms with Gasteiger partial charge in [-0.2, -0.15) is 5.10 Å². The fourth-order valence-corrected chi connectivity index (χ4v) is 4.04. The van der Waals surface area contributed by atoms with Crippen molar-refractivity contribution in [2.45, 2.75) is 32.0 Å². The minimum absolute atomic E-state index is 0.579. The molecule has 1 aliphatic carbocycles. The molecule has 0 amide bonds. The highest BCUT2D eigenvalue weighted by atomic mass is 35.5. The Morgan fingerprint density at radius 1 is 1.19 bits per heavy atom. The molecule has 1 saturated heterocycles. The van der Waals surface area contributed by atoms with E-state index in [9.17, 15) is 0 Å². The van der Waals surface area contributed by atoms with E-state index in [1.165, 1.54) is 12.8 Å². The van der Waals surface area contributed by atoms with E-state index in [0.717, 1.165) is 60.7 Å². The number of allylic oxidation sites excluding steroid dienone is 1. The number of para-hydroxylation sites is 1. The molecule has 1 saturated carbocycles. The van der Waals surface area contributed by atoms with Crippen molar-refractivity contribution in [2.24, 2.45) is 0 Å². The van der Waals surface area contributed by atoms with Gasteiger partial charge in [0.05, 0.1) is 17.4 Å². The molecular formula is C19H24ClN5S. The standard InChI is InChI=1S/C19H24ClN5S/c1-2-9-24-18(15-7-8-15)21-25(19(24)26)14-22-10-12-23(13-11-22)17-6-4-3-5-16(17)20/h2-6,15H,1,7-14H2. The van der Waals surface area contributed by atoms with E-state index in [2.05, 4.69) is 27.0 Å². The van der Waals surface area contributed by atoms with Gasteiger partial charge >= 0.3 is 0 Å². The lowest BCUT2D eigenvalue weighted by Gasteiger charge is -2.36. The molecule has 2 aromatic rings. The molecule has 2 aliphatic rings. The minimum atomic E-state index is 0.579. The van der Waals surface area contributed by atoms with E-state index in [4.69, 9.17) is 28.9 Å². The normalized spacial score (nSPS) is 18.3. The van der Waals surface area contributed by atoms with Gasteiger partial charge in [0.15, 0.2) is 4.77 Å². The summed E-state index contributed by atoms with van der Waals surface area (Å²) in [5, 5.41) is 5.65. The first-order valence-corrected chi connectivity index (χ1v) is 9.96. The molecule has 26 heavy (non-hydrogen) atoms. The lowest BCUT2D eigenvalue weighted by molar-refractivity contribution is 0.194. The molecule has 0 radical (unpaired) electrons. The number of rotatable bonds is 6. The van der Waals surface area contributed by atoms with E-state index >= 15 is 0 Å². The van der Waals surface area contributed by atoms with Gasteiger partial charge in [-0.05, 0) is 37.2 Å². The summed E-state index contributed by atoms with van der Waals surface area (Å²) >= 11 is 12.0. The molecule has 2 heterocycles. The molecule has 7 heteroatoms. The Kier molecular flexibility index (Phi) is 5.16. The van der Waals surface area contributed by atoms with E-state index in [0.29, 0.717) is 5.92 Å². The predicted octanol–water partition coefficient (Wildman–Crippen LogP) is 3.91. The van der Waals surface area contributed by atoms with Gasteiger partial charge in [-0.15, -0.1) is 6.58 Å². The van der Waals surface area contributed by atoms with Crippen LogP contribution in [0.4, 0.5) is 5.69 Å². The van der Waals surface area contributed by atoms with Crippen molar-refractivity contribution in [3.05, 3.63) is 52.5 Å². The summed E-state index contributed by atoms with van der Waals surface area (Å²) in [6.45, 7) is 9.21. The number of nitrogens with zero attached hydrogens (tertiary/aromatic N) is 5. The number of halogens is 1. The second-order valence-electron chi connectivity index (χ2n) is 7.01. The molecule has 4 rings (SSSR count). The van der Waals surface area contributed by atoms with Gasteiger partial charge in [0.1, 0.15) is 5.82 Å². The van der Waals surface area contributed by atoms with Crippen molar-refractivity contribution in [1.82, 2.24) is 19.2 Å². The SMILES string of the molecule is C=CCn1c(C2CC2)nn(CN2CCN(c3ccccc3Cl)CC2)c1=S. The van der Waals surface area contributed by atoms with Crippen LogP contribution in [0.1, 0.15) is 24.6 Å². The summed E-state index contributed by atoms with van der Waals surface area (Å²) in [4.78, 5) is 4.76. The molecule has 5 nitrogen and oxygen atoms in total. The quantitative estimate of drug-likeness (QED) is 0.553. The average Bonchev–Trinajstić information content (AvgIpc) is 3.45. The summed E-state index contributed by atoms with van der Waals surface area (Å²) in [7, 11) is 0. The first kappa shape index (κ1) is 17.8. The maximum Gasteiger partial charge on any atom is 0.199 e. The molecule has 1 aliphatic heterocycles. The van der Waals surface area contributed by atoms with Crippen molar-refractivity contribution < 1.29 is 0 Å². The lowest BCUT2D eigenvalue weighted by Crippen LogP contribution is -2.47. The first-order chi connectivity index (χ1) is 12.7. The first-order valence-electron chi connectivity index (χ1n) is 9.17. The van der Waals surface area contributed by atoms with Gasteiger partial charge in [-0.25, -0.2) is 4.68 Å². The maximum atomic E-state index is 6.34. The highest BCUT2D eigenvalue weighted by molar-refractivity contribution is 7.71. The van der Waals surface area contributed by atoms with E-state index in [-0.39, 0.29) is 0 Å². The molecule has 2 fully saturated rings. The number of anilines is 1. The predicted molar refractivity (Wildman–Crippen MR) is 108 cm³/mol. The van der Waals surface area contributed by atoms with Crippen molar-refractivity contribution in [3.8, 4) is 0 Å². The van der Waals surface area contributed by atoms with Gasteiger partial charge < -0.3 is 4.90 Å². The molecule has 0 N–H and O–H groups in total. The van der Waals surface area contributed by atoms with Crippen LogP contribution in [0.5, 0.6) is 0 Å². The highest BCUT2D eigenvalue weighted by Gasteiger charge is 2.30. The number of benzene rings is 1. The van der Waals surface area contributed by atoms with Crippen LogP contribution < -0.4 is 4.90 Å². The summed E-state index contributed by atoms with van der Waals surface area (Å²) < 4.78 is 4.93. The summed E-state index contributed by atoms with van der Waals surface area (Å²) in [5.74, 6) is 1.71. The summed E-state index contributed by atoms with van der Waals surface area (Å²) in [6.07, 6.45) is 4.34. The van der Waals surface area contributed by atoms with Crippen molar-refractivity contribution in [1.29, 1.82) is 0 Å². The van der Waals surface area contributed by atoms with Crippen molar-refractivity contribution >= 4 is 29.5 Å². The van der Waals surface area contributed by atoms with Crippen LogP contribution in [0, 0.1) is 4.77 Å². The summed E-state index contributed by atoms with van der Waals surface area (Å²) in [6, 6.07) is 8.06. The van der Waals surface area contributed by atoms with Gasteiger partial charge in [0, 0.05) is 38.6 Å². The zero-order valence-corrected chi connectivity index (χ0v) is 16.4. The minimum Gasteiger partial charge on any atom is -0.368 e. The number of aromatic nitrogens is 3. The Labute approximate surface area is 164 Å². The largest absolute Gasteiger partial charge is 0.368 e. The Morgan fingerprint density at radius 3 is 2.58 bits per heavy atom. The maximum absolute atomic E-state index is 6.34. The van der Waals surface area contributed by atoms with Gasteiger partial charge in [0.25, 0.3) is 0 Å². The third-order valence-electron chi connectivity index (χ3n) is 5.10. The summed E-state index contributed by atoms with van der Waals surface area (Å²) in [5.41, 5.74) is 1.12. The van der Waals surface area contributed by atoms with Gasteiger partial charge in [-0.1, -0.05) is 29.8 Å². The van der Waals surface area contributed by atoms with Gasteiger partial charge in [-0.3, -0.25) is 9.47 Å². The smallest absolute Gasteiger partial charge is 0.199 e. The van der Waals surface area contributed by atoms with Crippen LogP contribution in [0.2, 0.25) is 5.02 Å². The second-order valence-corrected chi connectivity index (χ2v) is 7.78. The lowest BCUT2D eigenvalue weighted by atomic mass is 10.2. The third-order valence-corrected chi connectivity index (χ3v) is 5.86. The number of hydrogen-bond acceptors (Lipinski definition) is 4. The molecule has 0 spiro atoms. The van der Waals surface area contributed by atoms with Crippen LogP contribution in [0.3, 0.4) is 0 Å². The Bertz CT molecular complexity index is 846. The van der Waals surface area contributed by atoms with Crippen molar-refractivity contribution in [3.63, 3.8) is 0 Å². The molecular weight excluding hydrogens is 366 g/mol. The fourth-order valence-electron chi connectivity index (χ4n) is 3.52. The average molecular weight is 390 g/mol. The van der Waals surface area contributed by atoms with E-state index in [1.54, 1.807) is 0 Å². The van der Waals surface area contributed by atoms with Crippen LogP contribution in [0.25, 0.3) is 0 Å². The molecule has 0 unspecified atom stereocenters. The number of piperazine rings is 1. The Hall–Kier alpha value is -1.63. The molecule has 138 valence electrons. The Balaban J connectivity index is 1.43. The van der Waals surface area contributed by atoms with E-state index in [1.807, 2.05) is 29.0 Å². The zero-order valence-electron chi connectivity index (χ0n) is 14.9. The third kappa shape index (κ3) is 3.59. The fraction of sp³-hybridized carbons (Fsp3) is 0.474. The molecule has 0 bridgehead atoms. The second kappa shape index (κ2) is 7.55. The Morgan fingerprint density at radius 2 is 1.92 bits per heavy atom. The topological polar surface area (TPSA) is 29.2 Å². The molecule has 0 atom stereocenters. The van der Waals surface area contributed by atoms with Crippen LogP contribution >= 0.6 is 23.8 Å².